The second-order valence-electron chi connectivity index (χ2n) is 6.72. The topological polar surface area (TPSA) is 68.9 Å². The SMILES string of the molecule is CN=C(NCCN1CCCN(C)CC1)NCc1cc(C(C)C)no1.I. The Kier molecular flexibility index (Phi) is 10.4. The molecule has 0 unspecified atom stereocenters. The van der Waals surface area contributed by atoms with E-state index in [4.69, 9.17) is 4.52 Å². The van der Waals surface area contributed by atoms with Gasteiger partial charge in [-0.05, 0) is 32.5 Å². The van der Waals surface area contributed by atoms with Gasteiger partial charge in [0.1, 0.15) is 0 Å². The zero-order valence-corrected chi connectivity index (χ0v) is 18.2. The molecule has 1 aromatic heterocycles. The molecule has 1 saturated heterocycles. The predicted molar refractivity (Wildman–Crippen MR) is 113 cm³/mol. The molecule has 144 valence electrons. The van der Waals surface area contributed by atoms with Crippen LogP contribution >= 0.6 is 24.0 Å². The van der Waals surface area contributed by atoms with Gasteiger partial charge in [-0.2, -0.15) is 0 Å². The Morgan fingerprint density at radius 3 is 2.76 bits per heavy atom. The number of hydrogen-bond acceptors (Lipinski definition) is 5. The average molecular weight is 464 g/mol. The highest BCUT2D eigenvalue weighted by molar-refractivity contribution is 14.0. The number of nitrogens with zero attached hydrogens (tertiary/aromatic N) is 4. The van der Waals surface area contributed by atoms with Gasteiger partial charge in [0.15, 0.2) is 11.7 Å². The van der Waals surface area contributed by atoms with E-state index in [0.29, 0.717) is 12.5 Å². The number of nitrogens with one attached hydrogen (secondary N) is 2. The fourth-order valence-corrected chi connectivity index (χ4v) is 2.73. The average Bonchev–Trinajstić information content (AvgIpc) is 2.95. The molecule has 1 aromatic rings. The third kappa shape index (κ3) is 7.91. The fraction of sp³-hybridized carbons (Fsp3) is 0.765. The highest BCUT2D eigenvalue weighted by Gasteiger charge is 2.12. The molecule has 2 rings (SSSR count). The van der Waals surface area contributed by atoms with Gasteiger partial charge in [-0.15, -0.1) is 24.0 Å². The Balaban J connectivity index is 0.00000312. The van der Waals surface area contributed by atoms with Crippen LogP contribution in [0.5, 0.6) is 0 Å². The number of rotatable bonds is 6. The zero-order chi connectivity index (χ0) is 17.4. The smallest absolute Gasteiger partial charge is 0.191 e. The van der Waals surface area contributed by atoms with Gasteiger partial charge in [-0.1, -0.05) is 19.0 Å². The van der Waals surface area contributed by atoms with Crippen LogP contribution in [-0.4, -0.2) is 74.3 Å². The summed E-state index contributed by atoms with van der Waals surface area (Å²) in [6.07, 6.45) is 1.24. The molecule has 0 saturated carbocycles. The first-order valence-electron chi connectivity index (χ1n) is 8.89. The Bertz CT molecular complexity index is 519. The van der Waals surface area contributed by atoms with E-state index in [1.54, 1.807) is 7.05 Å². The summed E-state index contributed by atoms with van der Waals surface area (Å²) in [5, 5.41) is 10.7. The van der Waals surface area contributed by atoms with Crippen molar-refractivity contribution in [2.45, 2.75) is 32.7 Å². The zero-order valence-electron chi connectivity index (χ0n) is 15.9. The van der Waals surface area contributed by atoms with Crippen molar-refractivity contribution in [3.8, 4) is 0 Å². The summed E-state index contributed by atoms with van der Waals surface area (Å²) in [6.45, 7) is 11.4. The van der Waals surface area contributed by atoms with Crippen molar-refractivity contribution in [1.82, 2.24) is 25.6 Å². The quantitative estimate of drug-likeness (QED) is 0.380. The molecule has 2 heterocycles. The first kappa shape index (κ1) is 22.2. The Morgan fingerprint density at radius 1 is 1.28 bits per heavy atom. The van der Waals surface area contributed by atoms with Crippen LogP contribution in [-0.2, 0) is 6.54 Å². The van der Waals surface area contributed by atoms with Crippen LogP contribution in [0.3, 0.4) is 0 Å². The molecule has 0 amide bonds. The van der Waals surface area contributed by atoms with Crippen LogP contribution in [0.25, 0.3) is 0 Å². The molecule has 0 spiro atoms. The van der Waals surface area contributed by atoms with Crippen LogP contribution < -0.4 is 10.6 Å². The molecule has 1 fully saturated rings. The van der Waals surface area contributed by atoms with E-state index in [1.165, 1.54) is 19.5 Å². The molecule has 2 N–H and O–H groups in total. The number of aliphatic imine (C=N–C) groups is 1. The Labute approximate surface area is 168 Å². The summed E-state index contributed by atoms with van der Waals surface area (Å²) in [6, 6.07) is 2.00. The molecular weight excluding hydrogens is 431 g/mol. The van der Waals surface area contributed by atoms with Crippen LogP contribution in [0.4, 0.5) is 0 Å². The maximum absolute atomic E-state index is 5.34. The molecule has 1 aliphatic rings. The minimum atomic E-state index is 0. The lowest BCUT2D eigenvalue weighted by molar-refractivity contribution is 0.280. The fourth-order valence-electron chi connectivity index (χ4n) is 2.73. The summed E-state index contributed by atoms with van der Waals surface area (Å²) in [7, 11) is 3.98. The molecule has 0 aromatic carbocycles. The molecule has 0 atom stereocenters. The van der Waals surface area contributed by atoms with Crippen LogP contribution in [0.15, 0.2) is 15.6 Å². The third-order valence-electron chi connectivity index (χ3n) is 4.35. The van der Waals surface area contributed by atoms with Crippen LogP contribution in [0.1, 0.15) is 37.6 Å². The van der Waals surface area contributed by atoms with Crippen molar-refractivity contribution in [1.29, 1.82) is 0 Å². The molecular formula is C17H33IN6O. The van der Waals surface area contributed by atoms with E-state index in [0.717, 1.165) is 43.6 Å². The van der Waals surface area contributed by atoms with Crippen molar-refractivity contribution < 1.29 is 4.52 Å². The number of hydrogen-bond donors (Lipinski definition) is 2. The number of aromatic nitrogens is 1. The van der Waals surface area contributed by atoms with E-state index in [-0.39, 0.29) is 24.0 Å². The lowest BCUT2D eigenvalue weighted by Gasteiger charge is -2.20. The van der Waals surface area contributed by atoms with Gasteiger partial charge < -0.3 is 25.0 Å². The number of halogens is 1. The third-order valence-corrected chi connectivity index (χ3v) is 4.35. The highest BCUT2D eigenvalue weighted by atomic mass is 127. The van der Waals surface area contributed by atoms with Gasteiger partial charge in [0.05, 0.1) is 12.2 Å². The van der Waals surface area contributed by atoms with Crippen LogP contribution in [0.2, 0.25) is 0 Å². The van der Waals surface area contributed by atoms with Crippen molar-refractivity contribution in [2.24, 2.45) is 4.99 Å². The van der Waals surface area contributed by atoms with Gasteiger partial charge in [-0.25, -0.2) is 0 Å². The van der Waals surface area contributed by atoms with Gasteiger partial charge in [-0.3, -0.25) is 4.99 Å². The number of guanidine groups is 1. The molecule has 0 radical (unpaired) electrons. The minimum absolute atomic E-state index is 0. The second-order valence-corrected chi connectivity index (χ2v) is 6.72. The van der Waals surface area contributed by atoms with E-state index in [2.05, 4.69) is 51.5 Å². The van der Waals surface area contributed by atoms with Crippen molar-refractivity contribution in [3.05, 3.63) is 17.5 Å². The Morgan fingerprint density at radius 2 is 2.08 bits per heavy atom. The summed E-state index contributed by atoms with van der Waals surface area (Å²) < 4.78 is 5.34. The first-order chi connectivity index (χ1) is 11.6. The van der Waals surface area contributed by atoms with Crippen molar-refractivity contribution >= 4 is 29.9 Å². The number of likely N-dealkylation sites (N-methyl/N-ethyl adjacent to an activating group) is 1. The summed E-state index contributed by atoms with van der Waals surface area (Å²) >= 11 is 0. The molecule has 8 heteroatoms. The maximum Gasteiger partial charge on any atom is 0.191 e. The van der Waals surface area contributed by atoms with E-state index < -0.39 is 0 Å². The molecule has 0 bridgehead atoms. The lowest BCUT2D eigenvalue weighted by atomic mass is 10.1. The second kappa shape index (κ2) is 11.7. The predicted octanol–water partition coefficient (Wildman–Crippen LogP) is 1.72. The normalized spacial score (nSPS) is 17.2. The minimum Gasteiger partial charge on any atom is -0.359 e. The molecule has 0 aliphatic carbocycles. The monoisotopic (exact) mass is 464 g/mol. The maximum atomic E-state index is 5.34. The highest BCUT2D eigenvalue weighted by Crippen LogP contribution is 2.13. The first-order valence-corrected chi connectivity index (χ1v) is 8.89. The molecule has 7 nitrogen and oxygen atoms in total. The summed E-state index contributed by atoms with van der Waals surface area (Å²) in [5.74, 6) is 2.01. The van der Waals surface area contributed by atoms with E-state index in [1.807, 2.05) is 6.07 Å². The lowest BCUT2D eigenvalue weighted by Crippen LogP contribution is -2.42. The van der Waals surface area contributed by atoms with Gasteiger partial charge in [0.25, 0.3) is 0 Å². The van der Waals surface area contributed by atoms with Gasteiger partial charge in [0.2, 0.25) is 0 Å². The van der Waals surface area contributed by atoms with Gasteiger partial charge in [0, 0.05) is 39.3 Å². The van der Waals surface area contributed by atoms with Gasteiger partial charge >= 0.3 is 0 Å². The van der Waals surface area contributed by atoms with Crippen LogP contribution in [0, 0.1) is 0 Å². The van der Waals surface area contributed by atoms with E-state index in [9.17, 15) is 0 Å². The largest absolute Gasteiger partial charge is 0.359 e. The summed E-state index contributed by atoms with van der Waals surface area (Å²) in [4.78, 5) is 9.17. The summed E-state index contributed by atoms with van der Waals surface area (Å²) in [5.41, 5.74) is 0.987. The molecule has 25 heavy (non-hydrogen) atoms. The van der Waals surface area contributed by atoms with E-state index >= 15 is 0 Å². The van der Waals surface area contributed by atoms with Crippen molar-refractivity contribution in [2.75, 3.05) is 53.4 Å². The Hall–Kier alpha value is -0.870. The standard InChI is InChI=1S/C17H32N6O.HI/c1-14(2)16-12-15(24-21-16)13-20-17(18-3)19-6-9-23-8-5-7-22(4)10-11-23;/h12,14H,5-11,13H2,1-4H3,(H2,18,19,20);1H. The van der Waals surface area contributed by atoms with Crippen molar-refractivity contribution in [3.63, 3.8) is 0 Å². The molecule has 1 aliphatic heterocycles.